The highest BCUT2D eigenvalue weighted by Crippen LogP contribution is 2.22. The molecule has 0 aliphatic heterocycles. The molecule has 0 saturated heterocycles. The van der Waals surface area contributed by atoms with Crippen molar-refractivity contribution in [2.24, 2.45) is 0 Å². The van der Waals surface area contributed by atoms with Gasteiger partial charge in [0.25, 0.3) is 0 Å². The van der Waals surface area contributed by atoms with Gasteiger partial charge in [0.1, 0.15) is 11.3 Å². The second kappa shape index (κ2) is 8.15. The molecule has 0 aromatic heterocycles. The summed E-state index contributed by atoms with van der Waals surface area (Å²) >= 11 is 0. The molecule has 0 spiro atoms. The summed E-state index contributed by atoms with van der Waals surface area (Å²) in [6.07, 6.45) is 4.70. The minimum Gasteiger partial charge on any atom is -0.462 e. The second-order valence-electron chi connectivity index (χ2n) is 4.28. The van der Waals surface area contributed by atoms with Gasteiger partial charge in [0.05, 0.1) is 13.0 Å². The topological polar surface area (TPSA) is 52.6 Å². The lowest BCUT2D eigenvalue weighted by atomic mass is 10.1. The fraction of sp³-hybridized carbons (Fsp3) is 0.375. The first-order valence-electron chi connectivity index (χ1n) is 6.71. The number of aryl methyl sites for hydroxylation is 1. The standard InChI is InChI=1S/C16H20O4/c1-4-6-7-8-15(17)20-14-11-12(3)9-10-13(14)16(18)19-5-2/h6-7,9-11H,4-5,8H2,1-3H3/b7-6-. The SMILES string of the molecule is CC/C=C\CC(=O)Oc1cc(C)ccc1C(=O)OCC. The quantitative estimate of drug-likeness (QED) is 0.454. The lowest BCUT2D eigenvalue weighted by Crippen LogP contribution is -2.12. The Balaban J connectivity index is 2.86. The molecule has 108 valence electrons. The van der Waals surface area contributed by atoms with Crippen LogP contribution in [-0.2, 0) is 9.53 Å². The van der Waals surface area contributed by atoms with Crippen LogP contribution in [0.4, 0.5) is 0 Å². The van der Waals surface area contributed by atoms with E-state index in [4.69, 9.17) is 9.47 Å². The summed E-state index contributed by atoms with van der Waals surface area (Å²) in [5.41, 5.74) is 1.18. The van der Waals surface area contributed by atoms with Gasteiger partial charge in [0, 0.05) is 0 Å². The minimum atomic E-state index is -0.487. The van der Waals surface area contributed by atoms with Crippen molar-refractivity contribution in [2.75, 3.05) is 6.61 Å². The molecule has 0 heterocycles. The number of esters is 2. The van der Waals surface area contributed by atoms with Crippen LogP contribution in [-0.4, -0.2) is 18.5 Å². The molecule has 0 N–H and O–H groups in total. The Kier molecular flexibility index (Phi) is 6.50. The molecule has 4 heteroatoms. The molecule has 20 heavy (non-hydrogen) atoms. The number of hydrogen-bond donors (Lipinski definition) is 0. The lowest BCUT2D eigenvalue weighted by molar-refractivity contribution is -0.133. The van der Waals surface area contributed by atoms with Crippen molar-refractivity contribution in [1.82, 2.24) is 0 Å². The summed E-state index contributed by atoms with van der Waals surface area (Å²) in [5, 5.41) is 0. The number of carbonyl (C=O) groups is 2. The van der Waals surface area contributed by atoms with Crippen molar-refractivity contribution in [3.8, 4) is 5.75 Å². The predicted molar refractivity (Wildman–Crippen MR) is 76.8 cm³/mol. The number of rotatable bonds is 6. The van der Waals surface area contributed by atoms with Crippen LogP contribution in [0.3, 0.4) is 0 Å². The largest absolute Gasteiger partial charge is 0.462 e. The van der Waals surface area contributed by atoms with Crippen LogP contribution in [0, 0.1) is 6.92 Å². The van der Waals surface area contributed by atoms with Crippen molar-refractivity contribution in [2.45, 2.75) is 33.6 Å². The Morgan fingerprint density at radius 2 is 1.95 bits per heavy atom. The zero-order valence-electron chi connectivity index (χ0n) is 12.1. The van der Waals surface area contributed by atoms with Crippen molar-refractivity contribution in [3.63, 3.8) is 0 Å². The van der Waals surface area contributed by atoms with Gasteiger partial charge in [-0.25, -0.2) is 4.79 Å². The van der Waals surface area contributed by atoms with Gasteiger partial charge < -0.3 is 9.47 Å². The van der Waals surface area contributed by atoms with E-state index >= 15 is 0 Å². The van der Waals surface area contributed by atoms with Gasteiger partial charge in [-0.05, 0) is 38.0 Å². The molecule has 1 aromatic rings. The molecule has 4 nitrogen and oxygen atoms in total. The van der Waals surface area contributed by atoms with E-state index in [0.29, 0.717) is 0 Å². The van der Waals surface area contributed by atoms with Crippen LogP contribution < -0.4 is 4.74 Å². The number of allylic oxidation sites excluding steroid dienone is 1. The monoisotopic (exact) mass is 276 g/mol. The first-order chi connectivity index (χ1) is 9.58. The highest BCUT2D eigenvalue weighted by atomic mass is 16.5. The zero-order valence-corrected chi connectivity index (χ0v) is 12.1. The van der Waals surface area contributed by atoms with Gasteiger partial charge in [-0.15, -0.1) is 0 Å². The summed E-state index contributed by atoms with van der Waals surface area (Å²) in [6.45, 7) is 5.86. The first-order valence-corrected chi connectivity index (χ1v) is 6.71. The van der Waals surface area contributed by atoms with Crippen LogP contribution in [0.15, 0.2) is 30.4 Å². The third kappa shape index (κ3) is 4.88. The van der Waals surface area contributed by atoms with Crippen LogP contribution >= 0.6 is 0 Å². The smallest absolute Gasteiger partial charge is 0.341 e. The maximum absolute atomic E-state index is 11.8. The molecule has 0 bridgehead atoms. The molecule has 0 radical (unpaired) electrons. The van der Waals surface area contributed by atoms with E-state index in [-0.39, 0.29) is 24.3 Å². The van der Waals surface area contributed by atoms with Gasteiger partial charge in [-0.1, -0.05) is 25.1 Å². The maximum atomic E-state index is 11.8. The molecule has 1 aromatic carbocycles. The average Bonchev–Trinajstić information content (AvgIpc) is 2.39. The van der Waals surface area contributed by atoms with E-state index in [1.54, 1.807) is 31.2 Å². The summed E-state index contributed by atoms with van der Waals surface area (Å²) in [6, 6.07) is 5.05. The third-order valence-corrected chi connectivity index (χ3v) is 2.54. The van der Waals surface area contributed by atoms with Crippen LogP contribution in [0.1, 0.15) is 42.6 Å². The molecular weight excluding hydrogens is 256 g/mol. The normalized spacial score (nSPS) is 10.6. The van der Waals surface area contributed by atoms with E-state index in [0.717, 1.165) is 12.0 Å². The van der Waals surface area contributed by atoms with Gasteiger partial charge in [0.15, 0.2) is 0 Å². The van der Waals surface area contributed by atoms with Crippen molar-refractivity contribution >= 4 is 11.9 Å². The highest BCUT2D eigenvalue weighted by Gasteiger charge is 2.16. The molecule has 0 aliphatic rings. The van der Waals surface area contributed by atoms with E-state index in [1.807, 2.05) is 19.9 Å². The highest BCUT2D eigenvalue weighted by molar-refractivity contribution is 5.93. The van der Waals surface area contributed by atoms with Crippen LogP contribution in [0.2, 0.25) is 0 Å². The Hall–Kier alpha value is -2.10. The lowest BCUT2D eigenvalue weighted by Gasteiger charge is -2.09. The molecular formula is C16H20O4. The first kappa shape index (κ1) is 16.0. The molecule has 0 fully saturated rings. The van der Waals surface area contributed by atoms with Gasteiger partial charge in [-0.3, -0.25) is 4.79 Å². The van der Waals surface area contributed by atoms with Gasteiger partial charge in [0.2, 0.25) is 0 Å². The molecule has 1 rings (SSSR count). The molecule has 0 aliphatic carbocycles. The number of ether oxygens (including phenoxy) is 2. The molecule has 0 amide bonds. The van der Waals surface area contributed by atoms with Crippen LogP contribution in [0.5, 0.6) is 5.75 Å². The Morgan fingerprint density at radius 3 is 2.60 bits per heavy atom. The van der Waals surface area contributed by atoms with Gasteiger partial charge >= 0.3 is 11.9 Å². The fourth-order valence-electron chi connectivity index (χ4n) is 1.60. The Morgan fingerprint density at radius 1 is 1.20 bits per heavy atom. The van der Waals surface area contributed by atoms with Gasteiger partial charge in [-0.2, -0.15) is 0 Å². The molecule has 0 saturated carbocycles. The van der Waals surface area contributed by atoms with E-state index in [2.05, 4.69) is 0 Å². The minimum absolute atomic E-state index is 0.185. The number of benzene rings is 1. The molecule has 0 unspecified atom stereocenters. The predicted octanol–water partition coefficient (Wildman–Crippen LogP) is 3.43. The second-order valence-corrected chi connectivity index (χ2v) is 4.28. The van der Waals surface area contributed by atoms with Crippen LogP contribution in [0.25, 0.3) is 0 Å². The third-order valence-electron chi connectivity index (χ3n) is 2.54. The number of carbonyl (C=O) groups excluding carboxylic acids is 2. The zero-order chi connectivity index (χ0) is 15.0. The summed E-state index contributed by atoms with van der Waals surface area (Å²) < 4.78 is 10.2. The molecule has 0 atom stereocenters. The van der Waals surface area contributed by atoms with E-state index in [1.165, 1.54) is 0 Å². The summed E-state index contributed by atoms with van der Waals surface area (Å²) in [7, 11) is 0. The summed E-state index contributed by atoms with van der Waals surface area (Å²) in [4.78, 5) is 23.5. The van der Waals surface area contributed by atoms with Crippen molar-refractivity contribution in [3.05, 3.63) is 41.5 Å². The fourth-order valence-corrected chi connectivity index (χ4v) is 1.60. The van der Waals surface area contributed by atoms with Crippen molar-refractivity contribution < 1.29 is 19.1 Å². The average molecular weight is 276 g/mol. The van der Waals surface area contributed by atoms with E-state index in [9.17, 15) is 9.59 Å². The summed E-state index contributed by atoms with van der Waals surface area (Å²) in [5.74, 6) is -0.636. The number of hydrogen-bond acceptors (Lipinski definition) is 4. The van der Waals surface area contributed by atoms with E-state index < -0.39 is 11.9 Å². The van der Waals surface area contributed by atoms with Crippen molar-refractivity contribution in [1.29, 1.82) is 0 Å². The Labute approximate surface area is 119 Å². The Bertz CT molecular complexity index is 503. The maximum Gasteiger partial charge on any atom is 0.341 e.